The van der Waals surface area contributed by atoms with Crippen LogP contribution in [0.15, 0.2) is 0 Å². The molecule has 7 heteroatoms. The van der Waals surface area contributed by atoms with Crippen molar-refractivity contribution in [2.75, 3.05) is 39.0 Å². The van der Waals surface area contributed by atoms with Gasteiger partial charge >= 0.3 is 6.03 Å². The first kappa shape index (κ1) is 14.6. The van der Waals surface area contributed by atoms with Crippen molar-refractivity contribution in [3.63, 3.8) is 0 Å². The fraction of sp³-hybridized carbons (Fsp3) is 0.917. The number of nitrogens with one attached hydrogen (secondary N) is 1. The fourth-order valence-corrected chi connectivity index (χ4v) is 3.61. The first-order valence-corrected chi connectivity index (χ1v) is 8.79. The van der Waals surface area contributed by atoms with Gasteiger partial charge in [0.05, 0.1) is 6.26 Å². The summed E-state index contributed by atoms with van der Waals surface area (Å²) in [6, 6.07) is -0.0555. The lowest BCUT2D eigenvalue weighted by Gasteiger charge is -2.33. The summed E-state index contributed by atoms with van der Waals surface area (Å²) in [4.78, 5) is 13.7. The average Bonchev–Trinajstić information content (AvgIpc) is 2.88. The molecule has 0 radical (unpaired) electrons. The molecular weight excluding hydrogens is 266 g/mol. The van der Waals surface area contributed by atoms with Crippen LogP contribution in [0.2, 0.25) is 0 Å². The van der Waals surface area contributed by atoms with Gasteiger partial charge in [-0.1, -0.05) is 12.8 Å². The first-order chi connectivity index (χ1) is 8.97. The van der Waals surface area contributed by atoms with Crippen molar-refractivity contribution in [1.29, 1.82) is 0 Å². The zero-order valence-electron chi connectivity index (χ0n) is 11.5. The van der Waals surface area contributed by atoms with Gasteiger partial charge < -0.3 is 10.2 Å². The predicted molar refractivity (Wildman–Crippen MR) is 73.3 cm³/mol. The molecule has 1 aliphatic carbocycles. The van der Waals surface area contributed by atoms with E-state index in [1.54, 1.807) is 4.90 Å². The van der Waals surface area contributed by atoms with Crippen LogP contribution in [-0.4, -0.2) is 62.6 Å². The maximum atomic E-state index is 12.0. The predicted octanol–water partition coefficient (Wildman–Crippen LogP) is 0.463. The molecule has 110 valence electrons. The van der Waals surface area contributed by atoms with Crippen LogP contribution in [0.4, 0.5) is 4.79 Å². The zero-order chi connectivity index (χ0) is 13.9. The van der Waals surface area contributed by atoms with Gasteiger partial charge in [-0.05, 0) is 18.8 Å². The summed E-state index contributed by atoms with van der Waals surface area (Å²) >= 11 is 0. The molecular formula is C12H23N3O3S. The Bertz CT molecular complexity index is 410. The van der Waals surface area contributed by atoms with E-state index in [0.717, 1.165) is 6.54 Å². The molecule has 1 aliphatic heterocycles. The molecule has 2 fully saturated rings. The van der Waals surface area contributed by atoms with Crippen molar-refractivity contribution < 1.29 is 13.2 Å². The summed E-state index contributed by atoms with van der Waals surface area (Å²) in [5.74, 6) is 0.626. The Morgan fingerprint density at radius 3 is 2.26 bits per heavy atom. The van der Waals surface area contributed by atoms with Crippen LogP contribution in [0.1, 0.15) is 25.7 Å². The topological polar surface area (TPSA) is 69.7 Å². The minimum atomic E-state index is -3.13. The lowest BCUT2D eigenvalue weighted by molar-refractivity contribution is 0.171. The SMILES string of the molecule is CS(=O)(=O)N1CCN(C(=O)NCC2CCCC2)CC1. The van der Waals surface area contributed by atoms with E-state index in [0.29, 0.717) is 32.1 Å². The third-order valence-electron chi connectivity index (χ3n) is 4.01. The molecule has 2 rings (SSSR count). The fourth-order valence-electron chi connectivity index (χ4n) is 2.78. The van der Waals surface area contributed by atoms with Gasteiger partial charge in [-0.15, -0.1) is 0 Å². The van der Waals surface area contributed by atoms with Gasteiger partial charge in [0.25, 0.3) is 0 Å². The lowest BCUT2D eigenvalue weighted by Crippen LogP contribution is -2.53. The summed E-state index contributed by atoms with van der Waals surface area (Å²) in [5.41, 5.74) is 0. The highest BCUT2D eigenvalue weighted by molar-refractivity contribution is 7.88. The molecule has 0 aromatic rings. The Morgan fingerprint density at radius 2 is 1.74 bits per heavy atom. The normalized spacial score (nSPS) is 22.7. The molecule has 0 atom stereocenters. The molecule has 0 bridgehead atoms. The number of sulfonamides is 1. The van der Waals surface area contributed by atoms with Crippen LogP contribution in [0.3, 0.4) is 0 Å². The molecule has 1 heterocycles. The average molecular weight is 289 g/mol. The van der Waals surface area contributed by atoms with Gasteiger partial charge in [-0.25, -0.2) is 13.2 Å². The van der Waals surface area contributed by atoms with Crippen molar-refractivity contribution in [2.24, 2.45) is 5.92 Å². The summed E-state index contributed by atoms with van der Waals surface area (Å²) in [6.45, 7) is 2.50. The second-order valence-electron chi connectivity index (χ2n) is 5.49. The zero-order valence-corrected chi connectivity index (χ0v) is 12.3. The van der Waals surface area contributed by atoms with E-state index in [4.69, 9.17) is 0 Å². The monoisotopic (exact) mass is 289 g/mol. The molecule has 0 unspecified atom stereocenters. The van der Waals surface area contributed by atoms with E-state index in [1.807, 2.05) is 0 Å². The molecule has 19 heavy (non-hydrogen) atoms. The van der Waals surface area contributed by atoms with Crippen molar-refractivity contribution in [1.82, 2.24) is 14.5 Å². The van der Waals surface area contributed by atoms with Gasteiger partial charge in [0.2, 0.25) is 10.0 Å². The minimum absolute atomic E-state index is 0.0555. The highest BCUT2D eigenvalue weighted by Crippen LogP contribution is 2.23. The van der Waals surface area contributed by atoms with Gasteiger partial charge in [0.15, 0.2) is 0 Å². The largest absolute Gasteiger partial charge is 0.338 e. The molecule has 0 spiro atoms. The van der Waals surface area contributed by atoms with E-state index in [-0.39, 0.29) is 6.03 Å². The maximum absolute atomic E-state index is 12.0. The number of piperazine rings is 1. The quantitative estimate of drug-likeness (QED) is 0.821. The van der Waals surface area contributed by atoms with Crippen LogP contribution in [-0.2, 0) is 10.0 Å². The number of nitrogens with zero attached hydrogens (tertiary/aromatic N) is 2. The molecule has 6 nitrogen and oxygen atoms in total. The minimum Gasteiger partial charge on any atom is -0.338 e. The number of amides is 2. The Morgan fingerprint density at radius 1 is 1.16 bits per heavy atom. The smallest absolute Gasteiger partial charge is 0.317 e. The van der Waals surface area contributed by atoms with Gasteiger partial charge in [-0.2, -0.15) is 4.31 Å². The summed E-state index contributed by atoms with van der Waals surface area (Å²) in [7, 11) is -3.13. The third kappa shape index (κ3) is 4.07. The maximum Gasteiger partial charge on any atom is 0.317 e. The summed E-state index contributed by atoms with van der Waals surface area (Å²) < 4.78 is 24.2. The molecule has 2 aliphatic rings. The van der Waals surface area contributed by atoms with E-state index in [2.05, 4.69) is 5.32 Å². The van der Waals surface area contributed by atoms with Crippen LogP contribution < -0.4 is 5.32 Å². The van der Waals surface area contributed by atoms with Crippen LogP contribution in [0.25, 0.3) is 0 Å². The third-order valence-corrected chi connectivity index (χ3v) is 5.31. The van der Waals surface area contributed by atoms with E-state index in [1.165, 1.54) is 36.2 Å². The lowest BCUT2D eigenvalue weighted by atomic mass is 10.1. The van der Waals surface area contributed by atoms with E-state index >= 15 is 0 Å². The van der Waals surface area contributed by atoms with Gasteiger partial charge in [0, 0.05) is 32.7 Å². The Balaban J connectivity index is 1.73. The number of hydrogen-bond donors (Lipinski definition) is 1. The molecule has 1 N–H and O–H groups in total. The molecule has 0 aromatic heterocycles. The van der Waals surface area contributed by atoms with E-state index < -0.39 is 10.0 Å². The number of urea groups is 1. The Hall–Kier alpha value is -0.820. The van der Waals surface area contributed by atoms with Crippen molar-refractivity contribution in [3.05, 3.63) is 0 Å². The summed E-state index contributed by atoms with van der Waals surface area (Å²) in [5, 5.41) is 2.97. The second kappa shape index (κ2) is 6.09. The van der Waals surface area contributed by atoms with Crippen LogP contribution in [0.5, 0.6) is 0 Å². The summed E-state index contributed by atoms with van der Waals surface area (Å²) in [6.07, 6.45) is 6.17. The number of carbonyl (C=O) groups is 1. The number of rotatable bonds is 3. The Labute approximate surface area is 115 Å². The van der Waals surface area contributed by atoms with Gasteiger partial charge in [-0.3, -0.25) is 0 Å². The van der Waals surface area contributed by atoms with Crippen LogP contribution >= 0.6 is 0 Å². The highest BCUT2D eigenvalue weighted by Gasteiger charge is 2.26. The Kier molecular flexibility index (Phi) is 4.67. The van der Waals surface area contributed by atoms with Crippen molar-refractivity contribution in [2.45, 2.75) is 25.7 Å². The first-order valence-electron chi connectivity index (χ1n) is 6.95. The molecule has 1 saturated heterocycles. The van der Waals surface area contributed by atoms with E-state index in [9.17, 15) is 13.2 Å². The highest BCUT2D eigenvalue weighted by atomic mass is 32.2. The van der Waals surface area contributed by atoms with Crippen molar-refractivity contribution in [3.8, 4) is 0 Å². The van der Waals surface area contributed by atoms with Crippen molar-refractivity contribution >= 4 is 16.1 Å². The number of hydrogen-bond acceptors (Lipinski definition) is 3. The standard InChI is InChI=1S/C12H23N3O3S/c1-19(17,18)15-8-6-14(7-9-15)12(16)13-10-11-4-2-3-5-11/h11H,2-10H2,1H3,(H,13,16). The second-order valence-corrected chi connectivity index (χ2v) is 7.47. The molecule has 1 saturated carbocycles. The van der Waals surface area contributed by atoms with Gasteiger partial charge in [0.1, 0.15) is 0 Å². The number of carbonyl (C=O) groups excluding carboxylic acids is 1. The van der Waals surface area contributed by atoms with Crippen LogP contribution in [0, 0.1) is 5.92 Å². The molecule has 0 aromatic carbocycles. The molecule has 2 amide bonds.